The van der Waals surface area contributed by atoms with Crippen molar-refractivity contribution in [2.75, 3.05) is 0 Å². The quantitative estimate of drug-likeness (QED) is 0.480. The molecule has 1 heteroatoms. The smallest absolute Gasteiger partial charge is 0.0708 e. The second-order valence-electron chi connectivity index (χ2n) is 6.99. The van der Waals surface area contributed by atoms with Crippen LogP contribution >= 0.6 is 0 Å². The number of benzene rings is 1. The van der Waals surface area contributed by atoms with E-state index in [1.54, 1.807) is 5.57 Å². The second kappa shape index (κ2) is 7.85. The molecule has 1 atom stereocenters. The van der Waals surface area contributed by atoms with E-state index in [1.807, 2.05) is 0 Å². The highest BCUT2D eigenvalue weighted by molar-refractivity contribution is 5.82. The molecule has 0 fully saturated rings. The zero-order chi connectivity index (χ0) is 15.2. The second-order valence-corrected chi connectivity index (χ2v) is 6.99. The lowest BCUT2D eigenvalue weighted by Crippen LogP contribution is -2.13. The molecule has 1 radical (unpaired) electrons. The summed E-state index contributed by atoms with van der Waals surface area (Å²) in [5, 5.41) is 4.97. The van der Waals surface area contributed by atoms with Crippen molar-refractivity contribution in [2.24, 2.45) is 5.92 Å². The van der Waals surface area contributed by atoms with E-state index in [0.717, 1.165) is 5.92 Å². The number of nitrogens with zero attached hydrogens (tertiary/aromatic N) is 1. The van der Waals surface area contributed by atoms with Crippen molar-refractivity contribution in [3.63, 3.8) is 0 Å². The summed E-state index contributed by atoms with van der Waals surface area (Å²) in [7, 11) is 0. The van der Waals surface area contributed by atoms with Crippen LogP contribution in [0.4, 0.5) is 5.69 Å². The third-order valence-electron chi connectivity index (χ3n) is 5.30. The SMILES string of the molecule is CCCCCCCCCC1CCCC2=C1[N]c1ccccc12. The van der Waals surface area contributed by atoms with Gasteiger partial charge in [-0.3, -0.25) is 5.32 Å². The fourth-order valence-electron chi connectivity index (χ4n) is 4.05. The molecule has 0 N–H and O–H groups in total. The summed E-state index contributed by atoms with van der Waals surface area (Å²) in [5.41, 5.74) is 5.65. The first-order valence-electron chi connectivity index (χ1n) is 9.44. The maximum atomic E-state index is 4.97. The first-order valence-corrected chi connectivity index (χ1v) is 9.44. The van der Waals surface area contributed by atoms with Gasteiger partial charge in [0.15, 0.2) is 0 Å². The summed E-state index contributed by atoms with van der Waals surface area (Å²) in [6.45, 7) is 2.29. The molecule has 0 amide bonds. The average Bonchev–Trinajstić information content (AvgIpc) is 2.93. The van der Waals surface area contributed by atoms with Gasteiger partial charge in [0.25, 0.3) is 0 Å². The Morgan fingerprint density at radius 1 is 1.00 bits per heavy atom. The Bertz CT molecular complexity index is 514. The van der Waals surface area contributed by atoms with Crippen LogP contribution < -0.4 is 5.32 Å². The van der Waals surface area contributed by atoms with Crippen molar-refractivity contribution < 1.29 is 0 Å². The Hall–Kier alpha value is -1.24. The van der Waals surface area contributed by atoms with Gasteiger partial charge in [0.2, 0.25) is 0 Å². The van der Waals surface area contributed by atoms with Gasteiger partial charge in [-0.1, -0.05) is 70.1 Å². The summed E-state index contributed by atoms with van der Waals surface area (Å²) < 4.78 is 0. The Kier molecular flexibility index (Phi) is 5.58. The van der Waals surface area contributed by atoms with Gasteiger partial charge in [-0.05, 0) is 37.3 Å². The minimum atomic E-state index is 0.729. The Labute approximate surface area is 136 Å². The fraction of sp³-hybridized carbons (Fsp3) is 0.619. The van der Waals surface area contributed by atoms with Crippen molar-refractivity contribution in [2.45, 2.75) is 77.6 Å². The van der Waals surface area contributed by atoms with Crippen LogP contribution in [-0.4, -0.2) is 0 Å². The first kappa shape index (κ1) is 15.6. The number of allylic oxidation sites excluding steroid dienone is 2. The Balaban J connectivity index is 1.48. The lowest BCUT2D eigenvalue weighted by molar-refractivity contribution is 0.441. The van der Waals surface area contributed by atoms with Gasteiger partial charge in [-0.15, -0.1) is 0 Å². The van der Waals surface area contributed by atoms with E-state index in [4.69, 9.17) is 5.32 Å². The van der Waals surface area contributed by atoms with E-state index in [9.17, 15) is 0 Å². The Morgan fingerprint density at radius 3 is 2.64 bits per heavy atom. The maximum Gasteiger partial charge on any atom is 0.0708 e. The summed E-state index contributed by atoms with van der Waals surface area (Å²) in [6.07, 6.45) is 15.1. The lowest BCUT2D eigenvalue weighted by atomic mass is 9.83. The van der Waals surface area contributed by atoms with E-state index in [-0.39, 0.29) is 0 Å². The topological polar surface area (TPSA) is 14.1 Å². The molecule has 0 spiro atoms. The van der Waals surface area contributed by atoms with Crippen LogP contribution in [0.1, 0.15) is 83.1 Å². The largest absolute Gasteiger partial charge is 0.252 e. The molecule has 0 aromatic heterocycles. The van der Waals surface area contributed by atoms with Gasteiger partial charge in [-0.2, -0.15) is 0 Å². The predicted octanol–water partition coefficient (Wildman–Crippen LogP) is 6.59. The molecule has 1 nitrogen and oxygen atoms in total. The minimum Gasteiger partial charge on any atom is -0.252 e. The molecule has 1 aliphatic heterocycles. The van der Waals surface area contributed by atoms with Crippen LogP contribution in [-0.2, 0) is 0 Å². The summed E-state index contributed by atoms with van der Waals surface area (Å²) in [5.74, 6) is 0.729. The average molecular weight is 296 g/mol. The molecule has 1 heterocycles. The van der Waals surface area contributed by atoms with E-state index in [0.29, 0.717) is 0 Å². The number of fused-ring (bicyclic) bond motifs is 2. The number of hydrogen-bond acceptors (Lipinski definition) is 0. The van der Waals surface area contributed by atoms with E-state index >= 15 is 0 Å². The van der Waals surface area contributed by atoms with Crippen LogP contribution in [0, 0.1) is 5.92 Å². The molecule has 1 unspecified atom stereocenters. The van der Waals surface area contributed by atoms with Crippen LogP contribution in [0.3, 0.4) is 0 Å². The molecule has 119 valence electrons. The molecule has 0 saturated carbocycles. The van der Waals surface area contributed by atoms with Gasteiger partial charge in [0.05, 0.1) is 5.69 Å². The van der Waals surface area contributed by atoms with Crippen LogP contribution in [0.25, 0.3) is 5.57 Å². The number of para-hydroxylation sites is 1. The lowest BCUT2D eigenvalue weighted by Gasteiger charge is -2.24. The van der Waals surface area contributed by atoms with Crippen LogP contribution in [0.2, 0.25) is 0 Å². The van der Waals surface area contributed by atoms with Crippen molar-refractivity contribution in [3.8, 4) is 0 Å². The highest BCUT2D eigenvalue weighted by atomic mass is 14.9. The molecule has 1 aromatic carbocycles. The molecular weight excluding hydrogens is 266 g/mol. The minimum absolute atomic E-state index is 0.729. The van der Waals surface area contributed by atoms with Gasteiger partial charge in [0, 0.05) is 17.2 Å². The Morgan fingerprint density at radius 2 is 1.77 bits per heavy atom. The van der Waals surface area contributed by atoms with Crippen molar-refractivity contribution in [1.29, 1.82) is 0 Å². The predicted molar refractivity (Wildman–Crippen MR) is 95.1 cm³/mol. The van der Waals surface area contributed by atoms with Crippen LogP contribution in [0.5, 0.6) is 0 Å². The highest BCUT2D eigenvalue weighted by Gasteiger charge is 2.30. The third-order valence-corrected chi connectivity index (χ3v) is 5.30. The highest BCUT2D eigenvalue weighted by Crippen LogP contribution is 2.45. The monoisotopic (exact) mass is 296 g/mol. The standard InChI is InChI=1S/C21H30N/c1-2-3-4-5-6-7-8-12-17-13-11-15-19-18-14-9-10-16-20(18)22-21(17)19/h9-10,14,16-17H,2-8,11-13,15H2,1H3. The zero-order valence-electron chi connectivity index (χ0n) is 14.1. The number of unbranched alkanes of at least 4 members (excludes halogenated alkanes) is 6. The van der Waals surface area contributed by atoms with E-state index in [2.05, 4.69) is 31.2 Å². The van der Waals surface area contributed by atoms with Gasteiger partial charge in [0.1, 0.15) is 0 Å². The fourth-order valence-corrected chi connectivity index (χ4v) is 4.05. The molecule has 22 heavy (non-hydrogen) atoms. The van der Waals surface area contributed by atoms with Crippen molar-refractivity contribution in [1.82, 2.24) is 5.32 Å². The van der Waals surface area contributed by atoms with E-state index in [1.165, 1.54) is 87.6 Å². The number of rotatable bonds is 8. The maximum absolute atomic E-state index is 4.97. The van der Waals surface area contributed by atoms with Crippen molar-refractivity contribution in [3.05, 3.63) is 35.5 Å². The number of hydrogen-bond donors (Lipinski definition) is 0. The molecule has 2 aliphatic rings. The van der Waals surface area contributed by atoms with Gasteiger partial charge in [-0.25, -0.2) is 0 Å². The molecular formula is C21H30N. The summed E-state index contributed by atoms with van der Waals surface area (Å²) in [4.78, 5) is 0. The van der Waals surface area contributed by atoms with Gasteiger partial charge >= 0.3 is 0 Å². The molecule has 0 saturated heterocycles. The third kappa shape index (κ3) is 3.56. The van der Waals surface area contributed by atoms with Crippen LogP contribution in [0.15, 0.2) is 30.0 Å². The molecule has 1 aromatic rings. The summed E-state index contributed by atoms with van der Waals surface area (Å²) >= 11 is 0. The van der Waals surface area contributed by atoms with E-state index < -0.39 is 0 Å². The molecule has 1 aliphatic carbocycles. The normalized spacial score (nSPS) is 19.8. The first-order chi connectivity index (χ1) is 10.9. The zero-order valence-corrected chi connectivity index (χ0v) is 14.1. The van der Waals surface area contributed by atoms with Crippen molar-refractivity contribution >= 4 is 11.3 Å². The molecule has 0 bridgehead atoms. The molecule has 3 rings (SSSR count). The van der Waals surface area contributed by atoms with Gasteiger partial charge < -0.3 is 0 Å². The summed E-state index contributed by atoms with van der Waals surface area (Å²) in [6, 6.07) is 8.71.